The summed E-state index contributed by atoms with van der Waals surface area (Å²) < 4.78 is 0. The Bertz CT molecular complexity index is 204. The van der Waals surface area contributed by atoms with E-state index in [1.54, 1.807) is 0 Å². The van der Waals surface area contributed by atoms with Gasteiger partial charge < -0.3 is 10.6 Å². The van der Waals surface area contributed by atoms with Gasteiger partial charge in [-0.3, -0.25) is 0 Å². The van der Waals surface area contributed by atoms with Crippen molar-refractivity contribution < 1.29 is 0 Å². The summed E-state index contributed by atoms with van der Waals surface area (Å²) in [7, 11) is 2.23. The number of rotatable bonds is 5. The molecule has 2 N–H and O–H groups in total. The monoisotopic (exact) mass is 196 g/mol. The second-order valence-corrected chi connectivity index (χ2v) is 5.77. The van der Waals surface area contributed by atoms with E-state index in [0.717, 1.165) is 24.4 Å². The first-order valence-electron chi connectivity index (χ1n) is 6.00. The van der Waals surface area contributed by atoms with E-state index in [1.165, 1.54) is 25.7 Å². The lowest BCUT2D eigenvalue weighted by Gasteiger charge is -2.34. The Morgan fingerprint density at radius 2 is 1.93 bits per heavy atom. The third-order valence-electron chi connectivity index (χ3n) is 4.10. The highest BCUT2D eigenvalue weighted by Gasteiger charge is 2.40. The number of nitrogens with two attached hydrogens (primary N) is 1. The van der Waals surface area contributed by atoms with Crippen LogP contribution in [0.4, 0.5) is 0 Å². The van der Waals surface area contributed by atoms with Crippen LogP contribution < -0.4 is 5.73 Å². The van der Waals surface area contributed by atoms with E-state index in [2.05, 4.69) is 25.8 Å². The Balaban J connectivity index is 1.82. The smallest absolute Gasteiger partial charge is 0.0283 e. The van der Waals surface area contributed by atoms with Crippen molar-refractivity contribution >= 4 is 0 Å². The zero-order chi connectivity index (χ0) is 10.3. The summed E-state index contributed by atoms with van der Waals surface area (Å²) in [6.45, 7) is 5.64. The van der Waals surface area contributed by atoms with Crippen LogP contribution in [-0.4, -0.2) is 30.1 Å². The molecule has 0 spiro atoms. The first kappa shape index (κ1) is 10.4. The van der Waals surface area contributed by atoms with Crippen LogP contribution in [0.3, 0.4) is 0 Å². The molecular weight excluding hydrogens is 172 g/mol. The van der Waals surface area contributed by atoms with Gasteiger partial charge in [0, 0.05) is 18.1 Å². The predicted molar refractivity (Wildman–Crippen MR) is 60.1 cm³/mol. The van der Waals surface area contributed by atoms with Crippen LogP contribution in [0.1, 0.15) is 39.5 Å². The lowest BCUT2D eigenvalue weighted by Crippen LogP contribution is -2.51. The third-order valence-corrected chi connectivity index (χ3v) is 4.10. The highest BCUT2D eigenvalue weighted by Crippen LogP contribution is 2.40. The van der Waals surface area contributed by atoms with Crippen molar-refractivity contribution in [3.63, 3.8) is 0 Å². The van der Waals surface area contributed by atoms with E-state index in [-0.39, 0.29) is 5.54 Å². The van der Waals surface area contributed by atoms with Crippen LogP contribution in [0, 0.1) is 11.8 Å². The van der Waals surface area contributed by atoms with Gasteiger partial charge in [0.25, 0.3) is 0 Å². The Hall–Kier alpha value is -0.0800. The molecule has 2 unspecified atom stereocenters. The number of likely N-dealkylation sites (N-methyl/N-ethyl adjacent to an activating group) is 1. The summed E-state index contributed by atoms with van der Waals surface area (Å²) in [5.74, 6) is 1.74. The summed E-state index contributed by atoms with van der Waals surface area (Å²) in [5, 5.41) is 0. The van der Waals surface area contributed by atoms with E-state index >= 15 is 0 Å². The fraction of sp³-hybridized carbons (Fsp3) is 1.00. The SMILES string of the molecule is CC(C1CC1)N(C)CC(C)(N)C1CC1. The van der Waals surface area contributed by atoms with Crippen LogP contribution in [0.25, 0.3) is 0 Å². The van der Waals surface area contributed by atoms with Gasteiger partial charge in [-0.1, -0.05) is 0 Å². The van der Waals surface area contributed by atoms with Gasteiger partial charge >= 0.3 is 0 Å². The summed E-state index contributed by atoms with van der Waals surface area (Å²) in [6.07, 6.45) is 5.55. The Kier molecular flexibility index (Phi) is 2.61. The molecule has 2 heteroatoms. The van der Waals surface area contributed by atoms with Gasteiger partial charge in [0.1, 0.15) is 0 Å². The maximum atomic E-state index is 6.34. The molecule has 2 aliphatic rings. The van der Waals surface area contributed by atoms with Crippen molar-refractivity contribution in [3.05, 3.63) is 0 Å². The lowest BCUT2D eigenvalue weighted by molar-refractivity contribution is 0.177. The predicted octanol–water partition coefficient (Wildman–Crippen LogP) is 1.84. The maximum Gasteiger partial charge on any atom is 0.0283 e. The van der Waals surface area contributed by atoms with Gasteiger partial charge in [0.15, 0.2) is 0 Å². The standard InChI is InChI=1S/C12H24N2/c1-9(10-4-5-10)14(3)8-12(2,13)11-6-7-11/h9-11H,4-8,13H2,1-3H3. The molecule has 2 fully saturated rings. The van der Waals surface area contributed by atoms with E-state index in [9.17, 15) is 0 Å². The Morgan fingerprint density at radius 1 is 1.36 bits per heavy atom. The summed E-state index contributed by atoms with van der Waals surface area (Å²) in [4.78, 5) is 2.47. The molecule has 0 aromatic heterocycles. The molecule has 2 aliphatic carbocycles. The molecular formula is C12H24N2. The first-order valence-corrected chi connectivity index (χ1v) is 6.00. The summed E-state index contributed by atoms with van der Waals surface area (Å²) in [5.41, 5.74) is 6.39. The highest BCUT2D eigenvalue weighted by atomic mass is 15.2. The van der Waals surface area contributed by atoms with Crippen molar-refractivity contribution in [1.82, 2.24) is 4.90 Å². The number of hydrogen-bond donors (Lipinski definition) is 1. The van der Waals surface area contributed by atoms with E-state index in [0.29, 0.717) is 0 Å². The molecule has 0 bridgehead atoms. The molecule has 0 radical (unpaired) electrons. The molecule has 2 atom stereocenters. The van der Waals surface area contributed by atoms with Crippen molar-refractivity contribution in [1.29, 1.82) is 0 Å². The average Bonchev–Trinajstić information content (AvgIpc) is 2.92. The largest absolute Gasteiger partial charge is 0.324 e. The first-order chi connectivity index (χ1) is 6.50. The topological polar surface area (TPSA) is 29.3 Å². The molecule has 0 heterocycles. The molecule has 14 heavy (non-hydrogen) atoms. The minimum atomic E-state index is 0.0535. The molecule has 0 aromatic rings. The Morgan fingerprint density at radius 3 is 2.36 bits per heavy atom. The fourth-order valence-corrected chi connectivity index (χ4v) is 2.49. The van der Waals surface area contributed by atoms with Gasteiger partial charge in [-0.2, -0.15) is 0 Å². The van der Waals surface area contributed by atoms with Crippen LogP contribution in [0.5, 0.6) is 0 Å². The average molecular weight is 196 g/mol. The minimum absolute atomic E-state index is 0.0535. The van der Waals surface area contributed by atoms with Crippen molar-refractivity contribution in [3.8, 4) is 0 Å². The second-order valence-electron chi connectivity index (χ2n) is 5.77. The molecule has 82 valence electrons. The molecule has 2 nitrogen and oxygen atoms in total. The fourth-order valence-electron chi connectivity index (χ4n) is 2.49. The number of nitrogens with zero attached hydrogens (tertiary/aromatic N) is 1. The zero-order valence-electron chi connectivity index (χ0n) is 9.79. The molecule has 0 aromatic carbocycles. The van der Waals surface area contributed by atoms with Crippen LogP contribution in [-0.2, 0) is 0 Å². The second kappa shape index (κ2) is 3.49. The Labute approximate surface area is 87.8 Å². The van der Waals surface area contributed by atoms with Gasteiger partial charge in [0.05, 0.1) is 0 Å². The normalized spacial score (nSPS) is 28.9. The summed E-state index contributed by atoms with van der Waals surface area (Å²) >= 11 is 0. The molecule has 2 rings (SSSR count). The van der Waals surface area contributed by atoms with Crippen LogP contribution in [0.15, 0.2) is 0 Å². The molecule has 0 amide bonds. The van der Waals surface area contributed by atoms with Gasteiger partial charge in [-0.25, -0.2) is 0 Å². The zero-order valence-corrected chi connectivity index (χ0v) is 9.79. The highest BCUT2D eigenvalue weighted by molar-refractivity contribution is 4.98. The van der Waals surface area contributed by atoms with Crippen molar-refractivity contribution in [2.24, 2.45) is 17.6 Å². The lowest BCUT2D eigenvalue weighted by atomic mass is 9.96. The van der Waals surface area contributed by atoms with E-state index in [4.69, 9.17) is 5.73 Å². The van der Waals surface area contributed by atoms with Gasteiger partial charge in [0.2, 0.25) is 0 Å². The van der Waals surface area contributed by atoms with Crippen molar-refractivity contribution in [2.45, 2.75) is 51.1 Å². The molecule has 0 saturated heterocycles. The molecule has 2 saturated carbocycles. The van der Waals surface area contributed by atoms with Crippen LogP contribution in [0.2, 0.25) is 0 Å². The maximum absolute atomic E-state index is 6.34. The van der Waals surface area contributed by atoms with Crippen molar-refractivity contribution in [2.75, 3.05) is 13.6 Å². The van der Waals surface area contributed by atoms with Crippen LogP contribution >= 0.6 is 0 Å². The van der Waals surface area contributed by atoms with Gasteiger partial charge in [-0.15, -0.1) is 0 Å². The quantitative estimate of drug-likeness (QED) is 0.727. The van der Waals surface area contributed by atoms with E-state index < -0.39 is 0 Å². The number of hydrogen-bond acceptors (Lipinski definition) is 2. The minimum Gasteiger partial charge on any atom is -0.324 e. The van der Waals surface area contributed by atoms with Gasteiger partial charge in [-0.05, 0) is 58.4 Å². The molecule has 0 aliphatic heterocycles. The summed E-state index contributed by atoms with van der Waals surface area (Å²) in [6, 6.07) is 0.733. The van der Waals surface area contributed by atoms with E-state index in [1.807, 2.05) is 0 Å². The third kappa shape index (κ3) is 2.29.